The fraction of sp³-hybridized carbons (Fsp3) is 0.625. The van der Waals surface area contributed by atoms with Crippen molar-refractivity contribution in [2.75, 3.05) is 24.5 Å². The van der Waals surface area contributed by atoms with Gasteiger partial charge in [-0.05, 0) is 57.2 Å². The third kappa shape index (κ3) is 3.02. The second kappa shape index (κ2) is 6.02. The molecule has 0 aliphatic carbocycles. The summed E-state index contributed by atoms with van der Waals surface area (Å²) in [5.74, 6) is 0.794. The fourth-order valence-electron chi connectivity index (χ4n) is 3.72. The Morgan fingerprint density at radius 1 is 1.29 bits per heavy atom. The number of nitro benzene ring substituents is 1. The number of piperidine rings is 1. The summed E-state index contributed by atoms with van der Waals surface area (Å²) in [7, 11) is 0. The fourth-order valence-corrected chi connectivity index (χ4v) is 3.72. The number of nitrogens with one attached hydrogen (secondary N) is 1. The molecule has 2 aliphatic rings. The van der Waals surface area contributed by atoms with Crippen LogP contribution in [0.2, 0.25) is 0 Å². The van der Waals surface area contributed by atoms with Crippen molar-refractivity contribution in [2.45, 2.75) is 38.6 Å². The van der Waals surface area contributed by atoms with Crippen molar-refractivity contribution in [1.82, 2.24) is 5.32 Å². The molecule has 1 aromatic rings. The lowest BCUT2D eigenvalue weighted by atomic mass is 9.88. The summed E-state index contributed by atoms with van der Waals surface area (Å²) in [6.45, 7) is 5.10. The van der Waals surface area contributed by atoms with Crippen LogP contribution in [-0.4, -0.2) is 30.6 Å². The molecule has 0 bridgehead atoms. The maximum atomic E-state index is 10.9. The van der Waals surface area contributed by atoms with Crippen LogP contribution in [0.1, 0.15) is 31.2 Å². The number of hydrogen-bond donors (Lipinski definition) is 1. The maximum Gasteiger partial charge on any atom is 0.272 e. The average molecular weight is 289 g/mol. The number of hydrogen-bond acceptors (Lipinski definition) is 4. The van der Waals surface area contributed by atoms with Crippen LogP contribution >= 0.6 is 0 Å². The van der Waals surface area contributed by atoms with E-state index in [0.717, 1.165) is 30.3 Å². The third-order valence-corrected chi connectivity index (χ3v) is 4.95. The van der Waals surface area contributed by atoms with Crippen molar-refractivity contribution < 1.29 is 4.92 Å². The van der Waals surface area contributed by atoms with E-state index in [-0.39, 0.29) is 10.6 Å². The Morgan fingerprint density at radius 3 is 2.62 bits per heavy atom. The molecule has 1 atom stereocenters. The van der Waals surface area contributed by atoms with Gasteiger partial charge in [0.2, 0.25) is 0 Å². The first kappa shape index (κ1) is 14.3. The average Bonchev–Trinajstić information content (AvgIpc) is 3.01. The van der Waals surface area contributed by atoms with Crippen LogP contribution in [0.3, 0.4) is 0 Å². The molecule has 3 rings (SSSR count). The van der Waals surface area contributed by atoms with Gasteiger partial charge in [0.05, 0.1) is 4.92 Å². The second-order valence-corrected chi connectivity index (χ2v) is 6.26. The minimum atomic E-state index is -0.308. The Morgan fingerprint density at radius 2 is 2.05 bits per heavy atom. The molecule has 114 valence electrons. The lowest BCUT2D eigenvalue weighted by Crippen LogP contribution is -2.40. The topological polar surface area (TPSA) is 58.4 Å². The predicted molar refractivity (Wildman–Crippen MR) is 83.8 cm³/mol. The van der Waals surface area contributed by atoms with Crippen molar-refractivity contribution in [3.05, 3.63) is 33.9 Å². The molecule has 0 aromatic heterocycles. The minimum absolute atomic E-state index is 0.212. The van der Waals surface area contributed by atoms with Crippen LogP contribution < -0.4 is 10.2 Å². The van der Waals surface area contributed by atoms with Crippen LogP contribution in [0.15, 0.2) is 18.2 Å². The smallest absolute Gasteiger partial charge is 0.272 e. The summed E-state index contributed by atoms with van der Waals surface area (Å²) in [5.41, 5.74) is 2.08. The molecule has 5 heteroatoms. The standard InChI is InChI=1S/C16H23N3O2/c1-12-11-14(4-5-16(12)19(20)21)18-9-6-13(7-10-18)15-3-2-8-17-15/h4-5,11,13,15,17H,2-3,6-10H2,1H3. The van der Waals surface area contributed by atoms with E-state index in [9.17, 15) is 10.1 Å². The van der Waals surface area contributed by atoms with Crippen LogP contribution in [0, 0.1) is 23.0 Å². The normalized spacial score (nSPS) is 23.5. The van der Waals surface area contributed by atoms with E-state index in [1.165, 1.54) is 32.2 Å². The maximum absolute atomic E-state index is 10.9. The van der Waals surface area contributed by atoms with Crippen LogP contribution in [-0.2, 0) is 0 Å². The van der Waals surface area contributed by atoms with Gasteiger partial charge in [-0.2, -0.15) is 0 Å². The lowest BCUT2D eigenvalue weighted by molar-refractivity contribution is -0.385. The highest BCUT2D eigenvalue weighted by molar-refractivity contribution is 5.55. The van der Waals surface area contributed by atoms with Crippen LogP contribution in [0.4, 0.5) is 11.4 Å². The summed E-state index contributed by atoms with van der Waals surface area (Å²) in [4.78, 5) is 12.9. The third-order valence-electron chi connectivity index (χ3n) is 4.95. The van der Waals surface area contributed by atoms with Gasteiger partial charge in [-0.1, -0.05) is 0 Å². The quantitative estimate of drug-likeness (QED) is 0.686. The molecule has 1 N–H and O–H groups in total. The van der Waals surface area contributed by atoms with Crippen molar-refractivity contribution in [2.24, 2.45) is 5.92 Å². The molecule has 2 heterocycles. The number of anilines is 1. The lowest BCUT2D eigenvalue weighted by Gasteiger charge is -2.36. The zero-order valence-corrected chi connectivity index (χ0v) is 12.5. The highest BCUT2D eigenvalue weighted by Crippen LogP contribution is 2.30. The number of benzene rings is 1. The van der Waals surface area contributed by atoms with Gasteiger partial charge < -0.3 is 10.2 Å². The predicted octanol–water partition coefficient (Wildman–Crippen LogP) is 2.87. The number of nitro groups is 1. The Bertz CT molecular complexity index is 518. The Kier molecular flexibility index (Phi) is 4.10. The summed E-state index contributed by atoms with van der Waals surface area (Å²) in [6, 6.07) is 6.19. The molecule has 5 nitrogen and oxygen atoms in total. The van der Waals surface area contributed by atoms with Crippen molar-refractivity contribution in [1.29, 1.82) is 0 Å². The SMILES string of the molecule is Cc1cc(N2CCC(C3CCCN3)CC2)ccc1[N+](=O)[O-]. The number of rotatable bonds is 3. The van der Waals surface area contributed by atoms with E-state index in [0.29, 0.717) is 6.04 Å². The van der Waals surface area contributed by atoms with E-state index < -0.39 is 0 Å². The van der Waals surface area contributed by atoms with E-state index >= 15 is 0 Å². The van der Waals surface area contributed by atoms with Gasteiger partial charge in [0.1, 0.15) is 0 Å². The zero-order chi connectivity index (χ0) is 14.8. The molecule has 21 heavy (non-hydrogen) atoms. The summed E-state index contributed by atoms with van der Waals surface area (Å²) >= 11 is 0. The molecule has 0 radical (unpaired) electrons. The first-order valence-corrected chi connectivity index (χ1v) is 7.88. The molecule has 1 unspecified atom stereocenters. The molecular formula is C16H23N3O2. The molecule has 0 saturated carbocycles. The van der Waals surface area contributed by atoms with Gasteiger partial charge in [-0.3, -0.25) is 10.1 Å². The monoisotopic (exact) mass is 289 g/mol. The van der Waals surface area contributed by atoms with Gasteiger partial charge in [-0.15, -0.1) is 0 Å². The minimum Gasteiger partial charge on any atom is -0.371 e. The molecule has 0 spiro atoms. The number of aryl methyl sites for hydroxylation is 1. The van der Waals surface area contributed by atoms with E-state index in [2.05, 4.69) is 10.2 Å². The van der Waals surface area contributed by atoms with Crippen molar-refractivity contribution in [3.63, 3.8) is 0 Å². The van der Waals surface area contributed by atoms with Gasteiger partial charge in [0.15, 0.2) is 0 Å². The second-order valence-electron chi connectivity index (χ2n) is 6.26. The van der Waals surface area contributed by atoms with Gasteiger partial charge in [0, 0.05) is 36.4 Å². The zero-order valence-electron chi connectivity index (χ0n) is 12.5. The molecule has 2 saturated heterocycles. The van der Waals surface area contributed by atoms with Gasteiger partial charge in [0.25, 0.3) is 5.69 Å². The van der Waals surface area contributed by atoms with Gasteiger partial charge >= 0.3 is 0 Å². The largest absolute Gasteiger partial charge is 0.371 e. The molecule has 2 aliphatic heterocycles. The molecule has 1 aromatic carbocycles. The highest BCUT2D eigenvalue weighted by atomic mass is 16.6. The first-order valence-electron chi connectivity index (χ1n) is 7.88. The van der Waals surface area contributed by atoms with Crippen molar-refractivity contribution in [3.8, 4) is 0 Å². The Balaban J connectivity index is 1.64. The van der Waals surface area contributed by atoms with Crippen molar-refractivity contribution >= 4 is 11.4 Å². The van der Waals surface area contributed by atoms with E-state index in [1.54, 1.807) is 6.07 Å². The first-order chi connectivity index (χ1) is 10.1. The van der Waals surface area contributed by atoms with Gasteiger partial charge in [-0.25, -0.2) is 0 Å². The molecule has 2 fully saturated rings. The van der Waals surface area contributed by atoms with E-state index in [1.807, 2.05) is 19.1 Å². The molecular weight excluding hydrogens is 266 g/mol. The summed E-state index contributed by atoms with van der Waals surface area (Å²) in [5, 5.41) is 14.5. The Labute approximate surface area is 125 Å². The van der Waals surface area contributed by atoms with Crippen LogP contribution in [0.5, 0.6) is 0 Å². The number of nitrogens with zero attached hydrogens (tertiary/aromatic N) is 2. The molecule has 0 amide bonds. The van der Waals surface area contributed by atoms with Crippen LogP contribution in [0.25, 0.3) is 0 Å². The summed E-state index contributed by atoms with van der Waals surface area (Å²) in [6.07, 6.45) is 5.06. The highest BCUT2D eigenvalue weighted by Gasteiger charge is 2.28. The summed E-state index contributed by atoms with van der Waals surface area (Å²) < 4.78 is 0. The van der Waals surface area contributed by atoms with E-state index in [4.69, 9.17) is 0 Å². The Hall–Kier alpha value is -1.62.